The topological polar surface area (TPSA) is 490 Å². The van der Waals surface area contributed by atoms with Crippen LogP contribution in [0.2, 0.25) is 0 Å². The highest BCUT2D eigenvalue weighted by Gasteiger charge is 2.59. The number of nitrogens with two attached hydrogens (primary N) is 1. The molecule has 22 aliphatic rings. The molecule has 19 N–H and O–H groups in total. The molecule has 31 heteroatoms. The molecule has 22 saturated heterocycles. The number of ether oxygens (including phenoxy) is 13. The molecule has 22 fully saturated rings. The van der Waals surface area contributed by atoms with Crippen LogP contribution < -0.4 is 5.73 Å². The molecule has 30 atom stereocenters. The molecule has 0 saturated carbocycles. The highest BCUT2D eigenvalue weighted by Crippen LogP contribution is 2.38. The summed E-state index contributed by atoms with van der Waals surface area (Å²) in [5.41, 5.74) is 5.64. The van der Waals surface area contributed by atoms with E-state index in [1.54, 1.807) is 0 Å². The van der Waals surface area contributed by atoms with Gasteiger partial charge in [0.1, 0.15) is 146 Å². The van der Waals surface area contributed by atoms with Crippen molar-refractivity contribution in [1.29, 1.82) is 0 Å². The molecule has 0 aromatic rings. The lowest BCUT2D eigenvalue weighted by Gasteiger charge is -2.51. The molecule has 0 unspecified atom stereocenters. The van der Waals surface area contributed by atoms with Gasteiger partial charge in [-0.05, 0) is 19.4 Å². The number of aliphatic hydroxyl groups excluding tert-OH is 17. The third kappa shape index (κ3) is 11.9. The summed E-state index contributed by atoms with van der Waals surface area (Å²) in [6.07, 6.45) is -56.2. The van der Waals surface area contributed by atoms with E-state index in [0.29, 0.717) is 12.8 Å². The van der Waals surface area contributed by atoms with Gasteiger partial charge >= 0.3 is 0 Å². The van der Waals surface area contributed by atoms with Crippen molar-refractivity contribution in [3.63, 3.8) is 0 Å². The zero-order chi connectivity index (χ0) is 51.6. The van der Waals surface area contributed by atoms with Gasteiger partial charge in [-0.2, -0.15) is 0 Å². The molecule has 0 spiro atoms. The molecule has 71 heavy (non-hydrogen) atoms. The van der Waals surface area contributed by atoms with E-state index in [1.807, 2.05) is 0 Å². The van der Waals surface area contributed by atoms with Crippen LogP contribution in [-0.4, -0.2) is 324 Å². The fraction of sp³-hybridized carbons (Fsp3) is 1.00. The minimum atomic E-state index is -2.15. The van der Waals surface area contributed by atoms with E-state index in [4.69, 9.17) is 67.3 Å². The Balaban J connectivity index is 1.21. The van der Waals surface area contributed by atoms with Crippen LogP contribution in [0.1, 0.15) is 12.8 Å². The Morgan fingerprint density at radius 3 is 0.746 bits per heavy atom. The third-order valence-corrected chi connectivity index (χ3v) is 13.6. The van der Waals surface area contributed by atoms with E-state index in [1.165, 1.54) is 0 Å². The summed E-state index contributed by atoms with van der Waals surface area (Å²) in [5, 5.41) is 187. The maximum absolute atomic E-state index is 11.8. The second-order valence-electron chi connectivity index (χ2n) is 18.2. The van der Waals surface area contributed by atoms with Gasteiger partial charge in [-0.1, -0.05) is 0 Å². The van der Waals surface area contributed by atoms with Crippen LogP contribution in [0.4, 0.5) is 0 Å². The van der Waals surface area contributed by atoms with Crippen molar-refractivity contribution in [2.24, 2.45) is 5.73 Å². The number of unbranched alkanes of at least 4 members (excludes halogenated alkanes) is 1. The normalized spacial score (nSPS) is 52.3. The first-order chi connectivity index (χ1) is 34.0. The van der Waals surface area contributed by atoms with Crippen molar-refractivity contribution in [3.8, 4) is 0 Å². The summed E-state index contributed by atoms with van der Waals surface area (Å²) in [4.78, 5) is 0. The van der Waals surface area contributed by atoms with E-state index >= 15 is 0 Å². The van der Waals surface area contributed by atoms with Crippen LogP contribution in [0.15, 0.2) is 0 Å². The average molecular weight is 1040 g/mol. The van der Waals surface area contributed by atoms with Crippen LogP contribution in [-0.2, 0) is 61.6 Å². The van der Waals surface area contributed by atoms with Crippen molar-refractivity contribution in [2.45, 2.75) is 197 Å². The summed E-state index contributed by atoms with van der Waals surface area (Å²) in [5.74, 6) is 0. The monoisotopic (exact) mass is 1040 g/mol. The zero-order valence-electron chi connectivity index (χ0n) is 37.9. The molecule has 0 amide bonds. The van der Waals surface area contributed by atoms with Gasteiger partial charge in [-0.15, -0.1) is 0 Å². The molecule has 0 aliphatic carbocycles. The summed E-state index contributed by atoms with van der Waals surface area (Å²) >= 11 is 0. The smallest absolute Gasteiger partial charge is 0.187 e. The molecule has 31 nitrogen and oxygen atoms in total. The van der Waals surface area contributed by atoms with Crippen LogP contribution >= 0.6 is 0 Å². The molecule has 12 bridgehead atoms. The summed E-state index contributed by atoms with van der Waals surface area (Å²) in [6, 6.07) is 0. The molecular weight excluding hydrogens is 974 g/mol. The zero-order valence-corrected chi connectivity index (χ0v) is 37.9. The highest BCUT2D eigenvalue weighted by molar-refractivity contribution is 5.01. The van der Waals surface area contributed by atoms with Gasteiger partial charge in [0.2, 0.25) is 0 Å². The van der Waals surface area contributed by atoms with Gasteiger partial charge in [-0.25, -0.2) is 0 Å². The first kappa shape index (κ1) is 57.5. The highest BCUT2D eigenvalue weighted by atomic mass is 16.8. The largest absolute Gasteiger partial charge is 0.394 e. The molecule has 22 aliphatic heterocycles. The molecule has 0 radical (unpaired) electrons. The second-order valence-corrected chi connectivity index (χ2v) is 18.2. The molecule has 22 heterocycles. The Bertz CT molecular complexity index is 1600. The van der Waals surface area contributed by atoms with E-state index in [9.17, 15) is 86.8 Å². The number of hydrogen-bond acceptors (Lipinski definition) is 31. The lowest BCUT2D eigenvalue weighted by molar-refractivity contribution is -0.404. The van der Waals surface area contributed by atoms with Crippen LogP contribution in [0, 0.1) is 0 Å². The number of rotatable bonds is 11. The second kappa shape index (κ2) is 25.3. The fourth-order valence-electron chi connectivity index (χ4n) is 9.57. The van der Waals surface area contributed by atoms with E-state index < -0.39 is 224 Å². The van der Waals surface area contributed by atoms with E-state index in [2.05, 4.69) is 0 Å². The Morgan fingerprint density at radius 1 is 0.282 bits per heavy atom. The van der Waals surface area contributed by atoms with Crippen molar-refractivity contribution >= 4 is 0 Å². The third-order valence-electron chi connectivity index (χ3n) is 13.6. The Kier molecular flexibility index (Phi) is 20.5. The minimum Gasteiger partial charge on any atom is -0.394 e. The lowest BCUT2D eigenvalue weighted by Crippen LogP contribution is -2.69. The van der Waals surface area contributed by atoms with Crippen molar-refractivity contribution in [3.05, 3.63) is 0 Å². The van der Waals surface area contributed by atoms with Gasteiger partial charge < -0.3 is 154 Å². The molecule has 0 aromatic carbocycles. The SMILES string of the molecule is NCCCCO[C@@H]1[C@@H](O)[C@H]2O[C@H]3[C@H](O)[C@@H](O)[C@@H](O[C@H]4[C@H](O)[C@@H](O)[C@@H](O[C@H]5[C@H](O)[C@@H](O)[C@@H](O[C@H]6[C@H](O)[C@@H](O)[C@@H](O[C@H]7[C@H](O)[C@@H](O)[C@@H](O[C@H]1[C@@H](CO)O2)O[C@@H]7CO)O[C@@H]6CO)O[C@@H]5CO)O[C@@H]4CO)O[C@@H]3CO. The minimum absolute atomic E-state index is 0.106. The standard InChI is InChI=1S/C40H69NO30/c41-3-1-2-4-59-34-27(58)40-65-16(10-47)33(34)71-39-26(57)21(52)31(14(8-45)64-39)69-37-24(55)19(50)29(12(6-43)62-37)67-35-22(53)17(48)28(11(5-42)60-35)66-36-23(54)18(49)30(13(7-44)61-36)68-38-25(56)20(51)32(70-40)15(9-46)63-38/h11-40,42-58H,1-10,41H2/t11-,12-,13-,14-,15-,16-,17-,18-,19-,20-,21-,22-,23-,24-,25-,26-,27-,28-,29-,30-,31-,32-,33+,34-,35-,36-,37-,38-,39-,40-/m1/s1. The Labute approximate surface area is 403 Å². The van der Waals surface area contributed by atoms with E-state index in [-0.39, 0.29) is 13.2 Å². The van der Waals surface area contributed by atoms with Crippen LogP contribution in [0.3, 0.4) is 0 Å². The molecule has 414 valence electrons. The van der Waals surface area contributed by atoms with Gasteiger partial charge in [0, 0.05) is 6.61 Å². The van der Waals surface area contributed by atoms with Crippen LogP contribution in [0.5, 0.6) is 0 Å². The van der Waals surface area contributed by atoms with Crippen molar-refractivity contribution in [1.82, 2.24) is 0 Å². The summed E-state index contributed by atoms with van der Waals surface area (Å²) in [7, 11) is 0. The lowest BCUT2D eigenvalue weighted by atomic mass is 9.94. The Hall–Kier alpha value is -1.24. The summed E-state index contributed by atoms with van der Waals surface area (Å²) < 4.78 is 75.4. The number of aliphatic hydroxyl groups is 17. The van der Waals surface area contributed by atoms with E-state index in [0.717, 1.165) is 0 Å². The molecular formula is C40H69NO30. The predicted octanol–water partition coefficient (Wildman–Crippen LogP) is -12.3. The van der Waals surface area contributed by atoms with Crippen molar-refractivity contribution < 1.29 is 148 Å². The fourth-order valence-corrected chi connectivity index (χ4v) is 9.57. The van der Waals surface area contributed by atoms with Gasteiger partial charge in [0.05, 0.1) is 39.6 Å². The maximum Gasteiger partial charge on any atom is 0.187 e. The Morgan fingerprint density at radius 2 is 0.507 bits per heavy atom. The summed E-state index contributed by atoms with van der Waals surface area (Å²) in [6.45, 7) is -5.71. The average Bonchev–Trinajstić information content (AvgIpc) is 3.36. The first-order valence-electron chi connectivity index (χ1n) is 23.3. The maximum atomic E-state index is 11.8. The first-order valence-corrected chi connectivity index (χ1v) is 23.3. The molecule has 22 rings (SSSR count). The van der Waals surface area contributed by atoms with Gasteiger partial charge in [0.15, 0.2) is 37.7 Å². The molecule has 0 aromatic heterocycles. The van der Waals surface area contributed by atoms with Crippen LogP contribution in [0.25, 0.3) is 0 Å². The predicted molar refractivity (Wildman–Crippen MR) is 218 cm³/mol. The van der Waals surface area contributed by atoms with Gasteiger partial charge in [-0.3, -0.25) is 0 Å². The number of hydrogen-bond donors (Lipinski definition) is 18. The van der Waals surface area contributed by atoms with Gasteiger partial charge in [0.25, 0.3) is 0 Å². The van der Waals surface area contributed by atoms with Crippen molar-refractivity contribution in [2.75, 3.05) is 52.8 Å². The quantitative estimate of drug-likeness (QED) is 0.0855.